The van der Waals surface area contributed by atoms with Gasteiger partial charge in [0.1, 0.15) is 18.4 Å². The molecule has 0 fully saturated rings. The molecule has 0 aliphatic heterocycles. The number of benzene rings is 4. The van der Waals surface area contributed by atoms with Crippen molar-refractivity contribution >= 4 is 27.5 Å². The number of aryl methyl sites for hydroxylation is 1. The minimum atomic E-state index is -4.16. The topological polar surface area (TPSA) is 86.8 Å². The van der Waals surface area contributed by atoms with E-state index >= 15 is 0 Å². The molecule has 4 rings (SSSR count). The van der Waals surface area contributed by atoms with Gasteiger partial charge in [0.2, 0.25) is 11.8 Å². The zero-order valence-electron chi connectivity index (χ0n) is 22.9. The number of para-hydroxylation sites is 1. The normalized spacial score (nSPS) is 11.9. The van der Waals surface area contributed by atoms with Crippen molar-refractivity contribution in [2.45, 2.75) is 30.8 Å². The van der Waals surface area contributed by atoms with Crippen LogP contribution in [0.25, 0.3) is 0 Å². The first-order valence-electron chi connectivity index (χ1n) is 13.1. The summed E-state index contributed by atoms with van der Waals surface area (Å²) in [6.07, 6.45) is 0.198. The molecule has 0 radical (unpaired) electrons. The van der Waals surface area contributed by atoms with E-state index in [2.05, 4.69) is 5.32 Å². The monoisotopic (exact) mass is 573 g/mol. The van der Waals surface area contributed by atoms with Crippen LogP contribution in [0.3, 0.4) is 0 Å². The molecule has 0 aromatic heterocycles. The van der Waals surface area contributed by atoms with Crippen LogP contribution in [0, 0.1) is 12.7 Å². The number of carbonyl (C=O) groups is 2. The van der Waals surface area contributed by atoms with E-state index in [0.29, 0.717) is 16.8 Å². The zero-order valence-corrected chi connectivity index (χ0v) is 23.7. The van der Waals surface area contributed by atoms with E-state index in [1.54, 1.807) is 61.5 Å². The van der Waals surface area contributed by atoms with Crippen molar-refractivity contribution in [3.63, 3.8) is 0 Å². The smallest absolute Gasteiger partial charge is 0.264 e. The fraction of sp³-hybridized carbons (Fsp3) is 0.188. The Hall–Kier alpha value is -4.50. The van der Waals surface area contributed by atoms with Crippen molar-refractivity contribution in [1.82, 2.24) is 10.2 Å². The summed E-state index contributed by atoms with van der Waals surface area (Å²) in [5, 5.41) is 2.64. The van der Waals surface area contributed by atoms with Crippen LogP contribution in [-0.2, 0) is 32.6 Å². The van der Waals surface area contributed by atoms with Crippen molar-refractivity contribution in [3.05, 3.63) is 132 Å². The Morgan fingerprint density at radius 1 is 0.805 bits per heavy atom. The molecule has 9 heteroatoms. The van der Waals surface area contributed by atoms with Gasteiger partial charge in [-0.1, -0.05) is 78.9 Å². The Labute approximate surface area is 240 Å². The number of hydrogen-bond acceptors (Lipinski definition) is 4. The van der Waals surface area contributed by atoms with Gasteiger partial charge in [-0.2, -0.15) is 0 Å². The van der Waals surface area contributed by atoms with Crippen LogP contribution in [0.1, 0.15) is 16.7 Å². The van der Waals surface area contributed by atoms with Crippen LogP contribution < -0.4 is 9.62 Å². The molecule has 0 aliphatic rings. The largest absolute Gasteiger partial charge is 0.357 e. The van der Waals surface area contributed by atoms with E-state index in [-0.39, 0.29) is 17.9 Å². The maximum atomic E-state index is 14.2. The highest BCUT2D eigenvalue weighted by atomic mass is 32.2. The molecule has 4 aromatic rings. The molecule has 4 aromatic carbocycles. The fourth-order valence-corrected chi connectivity index (χ4v) is 6.08. The lowest BCUT2D eigenvalue weighted by atomic mass is 10.0. The molecular weight excluding hydrogens is 541 g/mol. The number of amides is 2. The predicted octanol–water partition coefficient (Wildman–Crippen LogP) is 4.72. The minimum Gasteiger partial charge on any atom is -0.357 e. The van der Waals surface area contributed by atoms with Crippen molar-refractivity contribution in [2.75, 3.05) is 17.9 Å². The van der Waals surface area contributed by atoms with Gasteiger partial charge in [0.25, 0.3) is 10.0 Å². The molecule has 41 heavy (non-hydrogen) atoms. The van der Waals surface area contributed by atoms with E-state index in [4.69, 9.17) is 0 Å². The highest BCUT2D eigenvalue weighted by Gasteiger charge is 2.34. The molecule has 0 bridgehead atoms. The second-order valence-corrected chi connectivity index (χ2v) is 11.4. The zero-order chi connectivity index (χ0) is 29.4. The molecule has 0 heterocycles. The third-order valence-electron chi connectivity index (χ3n) is 6.78. The summed E-state index contributed by atoms with van der Waals surface area (Å²) in [5.41, 5.74) is 2.43. The van der Waals surface area contributed by atoms with E-state index < -0.39 is 40.2 Å². The molecule has 7 nitrogen and oxygen atoms in total. The SMILES string of the molecule is CNC(=O)C(Cc1ccccc1)N(Cc1ccc(F)cc1)C(=O)CN(c1ccccc1C)S(=O)(=O)c1ccccc1. The van der Waals surface area contributed by atoms with Crippen LogP contribution in [0.2, 0.25) is 0 Å². The van der Waals surface area contributed by atoms with Crippen molar-refractivity contribution in [1.29, 1.82) is 0 Å². The van der Waals surface area contributed by atoms with Crippen molar-refractivity contribution in [2.24, 2.45) is 0 Å². The number of likely N-dealkylation sites (N-methyl/N-ethyl adjacent to an activating group) is 1. The molecule has 0 aliphatic carbocycles. The lowest BCUT2D eigenvalue weighted by Gasteiger charge is -2.34. The quantitative estimate of drug-likeness (QED) is 0.282. The summed E-state index contributed by atoms with van der Waals surface area (Å²) < 4.78 is 42.6. The lowest BCUT2D eigenvalue weighted by Crippen LogP contribution is -2.53. The van der Waals surface area contributed by atoms with Crippen molar-refractivity contribution in [3.8, 4) is 0 Å². The molecule has 0 saturated carbocycles. The number of anilines is 1. The van der Waals surface area contributed by atoms with Gasteiger partial charge in [-0.05, 0) is 53.9 Å². The van der Waals surface area contributed by atoms with Gasteiger partial charge < -0.3 is 10.2 Å². The van der Waals surface area contributed by atoms with Crippen LogP contribution in [0.15, 0.2) is 114 Å². The standard InChI is InChI=1S/C32H32FN3O4S/c1-24-11-9-10-16-29(24)36(41(39,40)28-14-7-4-8-15-28)23-31(37)35(22-26-17-19-27(33)20-18-26)30(32(38)34-2)21-25-12-5-3-6-13-25/h3-20,30H,21-23H2,1-2H3,(H,34,38). The molecule has 212 valence electrons. The van der Waals surface area contributed by atoms with E-state index in [9.17, 15) is 22.4 Å². The number of sulfonamides is 1. The summed E-state index contributed by atoms with van der Waals surface area (Å²) in [4.78, 5) is 28.8. The van der Waals surface area contributed by atoms with E-state index in [1.165, 1.54) is 36.2 Å². The van der Waals surface area contributed by atoms with Crippen LogP contribution in [-0.4, -0.2) is 44.8 Å². The predicted molar refractivity (Wildman–Crippen MR) is 157 cm³/mol. The molecule has 1 atom stereocenters. The van der Waals surface area contributed by atoms with Gasteiger partial charge in [0.15, 0.2) is 0 Å². The van der Waals surface area contributed by atoms with Gasteiger partial charge in [-0.3, -0.25) is 13.9 Å². The number of nitrogens with zero attached hydrogens (tertiary/aromatic N) is 2. The van der Waals surface area contributed by atoms with Gasteiger partial charge in [0.05, 0.1) is 10.6 Å². The number of nitrogens with one attached hydrogen (secondary N) is 1. The second kappa shape index (κ2) is 13.2. The van der Waals surface area contributed by atoms with E-state index in [1.807, 2.05) is 30.3 Å². The molecule has 0 spiro atoms. The molecule has 1 unspecified atom stereocenters. The highest BCUT2D eigenvalue weighted by Crippen LogP contribution is 2.27. The van der Waals surface area contributed by atoms with Crippen LogP contribution >= 0.6 is 0 Å². The Balaban J connectivity index is 1.78. The lowest BCUT2D eigenvalue weighted by molar-refractivity contribution is -0.139. The summed E-state index contributed by atoms with van der Waals surface area (Å²) in [7, 11) is -2.67. The number of rotatable bonds is 11. The number of halogens is 1. The Bertz CT molecular complexity index is 1580. The Morgan fingerprint density at radius 3 is 2.00 bits per heavy atom. The first-order chi connectivity index (χ1) is 19.7. The molecule has 2 amide bonds. The first-order valence-corrected chi connectivity index (χ1v) is 14.6. The number of carbonyl (C=O) groups excluding carboxylic acids is 2. The maximum Gasteiger partial charge on any atom is 0.264 e. The van der Waals surface area contributed by atoms with E-state index in [0.717, 1.165) is 9.87 Å². The van der Waals surface area contributed by atoms with Gasteiger partial charge in [-0.15, -0.1) is 0 Å². The molecule has 1 N–H and O–H groups in total. The summed E-state index contributed by atoms with van der Waals surface area (Å²) in [6, 6.07) is 28.8. The van der Waals surface area contributed by atoms with Crippen LogP contribution in [0.4, 0.5) is 10.1 Å². The average molecular weight is 574 g/mol. The average Bonchev–Trinajstić information content (AvgIpc) is 2.99. The van der Waals surface area contributed by atoms with Gasteiger partial charge in [0, 0.05) is 20.0 Å². The third-order valence-corrected chi connectivity index (χ3v) is 8.55. The van der Waals surface area contributed by atoms with Gasteiger partial charge in [-0.25, -0.2) is 12.8 Å². The van der Waals surface area contributed by atoms with Crippen molar-refractivity contribution < 1.29 is 22.4 Å². The first kappa shape index (κ1) is 29.5. The molecular formula is C32H32FN3O4S. The third kappa shape index (κ3) is 7.18. The number of hydrogen-bond donors (Lipinski definition) is 1. The molecule has 0 saturated heterocycles. The van der Waals surface area contributed by atoms with Gasteiger partial charge >= 0.3 is 0 Å². The Kier molecular flexibility index (Phi) is 9.52. The summed E-state index contributed by atoms with van der Waals surface area (Å²) in [5.74, 6) is -1.42. The van der Waals surface area contributed by atoms with Crippen LogP contribution in [0.5, 0.6) is 0 Å². The fourth-order valence-electron chi connectivity index (χ4n) is 4.58. The summed E-state index contributed by atoms with van der Waals surface area (Å²) in [6.45, 7) is 1.19. The highest BCUT2D eigenvalue weighted by molar-refractivity contribution is 7.92. The summed E-state index contributed by atoms with van der Waals surface area (Å²) >= 11 is 0. The Morgan fingerprint density at radius 2 is 1.39 bits per heavy atom. The maximum absolute atomic E-state index is 14.2. The second-order valence-electron chi connectivity index (χ2n) is 9.58. The minimum absolute atomic E-state index is 0.0307.